The number of carbonyl (C=O) groups is 1. The molecule has 2 atom stereocenters. The monoisotopic (exact) mass is 128 g/mol. The molecule has 0 saturated carbocycles. The third-order valence-electron chi connectivity index (χ3n) is 1.26. The van der Waals surface area contributed by atoms with Crippen LogP contribution in [0.15, 0.2) is 12.3 Å². The van der Waals surface area contributed by atoms with Crippen LogP contribution in [0.1, 0.15) is 6.92 Å². The smallest absolute Gasteiger partial charge is 0.190 e. The Kier molecular flexibility index (Phi) is 1.53. The first-order valence-corrected chi connectivity index (χ1v) is 2.76. The minimum absolute atomic E-state index is 0.284. The first-order chi connectivity index (χ1) is 4.22. The van der Waals surface area contributed by atoms with E-state index in [-0.39, 0.29) is 5.78 Å². The third kappa shape index (κ3) is 1.10. The van der Waals surface area contributed by atoms with Crippen LogP contribution < -0.4 is 0 Å². The second kappa shape index (κ2) is 2.19. The zero-order valence-electron chi connectivity index (χ0n) is 5.07. The average Bonchev–Trinajstić information content (AvgIpc) is 1.83. The zero-order chi connectivity index (χ0) is 6.85. The van der Waals surface area contributed by atoms with E-state index in [4.69, 9.17) is 9.84 Å². The van der Waals surface area contributed by atoms with Crippen molar-refractivity contribution in [2.45, 2.75) is 19.1 Å². The summed E-state index contributed by atoms with van der Waals surface area (Å²) in [5, 5.41) is 8.92. The molecule has 1 heterocycles. The van der Waals surface area contributed by atoms with Crippen molar-refractivity contribution in [3.8, 4) is 0 Å². The predicted octanol–water partition coefficient (Wildman–Crippen LogP) is -0.151. The van der Waals surface area contributed by atoms with E-state index in [0.717, 1.165) is 0 Å². The Bertz CT molecular complexity index is 150. The summed E-state index contributed by atoms with van der Waals surface area (Å²) in [4.78, 5) is 10.6. The molecule has 3 nitrogen and oxygen atoms in total. The summed E-state index contributed by atoms with van der Waals surface area (Å²) < 4.78 is 4.81. The minimum atomic E-state index is -0.977. The van der Waals surface area contributed by atoms with Gasteiger partial charge in [0.1, 0.15) is 6.10 Å². The van der Waals surface area contributed by atoms with Gasteiger partial charge in [-0.1, -0.05) is 0 Å². The lowest BCUT2D eigenvalue weighted by Crippen LogP contribution is -2.34. The molecule has 0 radical (unpaired) electrons. The molecular formula is C6H8O3. The van der Waals surface area contributed by atoms with Gasteiger partial charge in [-0.3, -0.25) is 4.79 Å². The standard InChI is InChI=1S/C6H8O3/c1-4-6(8)5(7)2-3-9-4/h2-4,6,8H,1H3/t4-,6+/m0/s1. The van der Waals surface area contributed by atoms with Crippen LogP contribution in [0.3, 0.4) is 0 Å². The van der Waals surface area contributed by atoms with Gasteiger partial charge in [0, 0.05) is 6.08 Å². The van der Waals surface area contributed by atoms with E-state index in [1.807, 2.05) is 0 Å². The van der Waals surface area contributed by atoms with E-state index in [9.17, 15) is 4.79 Å². The summed E-state index contributed by atoms with van der Waals surface area (Å²) in [6, 6.07) is 0. The fourth-order valence-electron chi connectivity index (χ4n) is 0.635. The number of ketones is 1. The third-order valence-corrected chi connectivity index (χ3v) is 1.26. The number of aliphatic hydroxyl groups excluding tert-OH is 1. The molecule has 1 aliphatic rings. The van der Waals surface area contributed by atoms with Crippen molar-refractivity contribution < 1.29 is 14.6 Å². The highest BCUT2D eigenvalue weighted by atomic mass is 16.5. The van der Waals surface area contributed by atoms with E-state index in [0.29, 0.717) is 0 Å². The molecule has 0 fully saturated rings. The highest BCUT2D eigenvalue weighted by Gasteiger charge is 2.23. The van der Waals surface area contributed by atoms with Crippen molar-refractivity contribution in [1.29, 1.82) is 0 Å². The van der Waals surface area contributed by atoms with E-state index in [1.54, 1.807) is 6.92 Å². The Hall–Kier alpha value is -0.830. The summed E-state index contributed by atoms with van der Waals surface area (Å²) in [6.07, 6.45) is 1.15. The lowest BCUT2D eigenvalue weighted by Gasteiger charge is -2.19. The molecule has 3 heteroatoms. The molecule has 0 amide bonds. The maximum atomic E-state index is 10.6. The van der Waals surface area contributed by atoms with Crippen LogP contribution in [0.2, 0.25) is 0 Å². The van der Waals surface area contributed by atoms with Gasteiger partial charge in [0.25, 0.3) is 0 Å². The van der Waals surface area contributed by atoms with Gasteiger partial charge in [-0.25, -0.2) is 0 Å². The van der Waals surface area contributed by atoms with E-state index >= 15 is 0 Å². The molecule has 1 N–H and O–H groups in total. The van der Waals surface area contributed by atoms with E-state index in [2.05, 4.69) is 0 Å². The Morgan fingerprint density at radius 2 is 2.44 bits per heavy atom. The molecule has 1 aliphatic heterocycles. The van der Waals surface area contributed by atoms with Gasteiger partial charge in [-0.05, 0) is 6.92 Å². The van der Waals surface area contributed by atoms with Crippen LogP contribution in [-0.2, 0) is 9.53 Å². The van der Waals surface area contributed by atoms with Gasteiger partial charge in [-0.15, -0.1) is 0 Å². The molecule has 0 spiro atoms. The quantitative estimate of drug-likeness (QED) is 0.493. The van der Waals surface area contributed by atoms with E-state index < -0.39 is 12.2 Å². The number of hydrogen-bond donors (Lipinski definition) is 1. The maximum Gasteiger partial charge on any atom is 0.190 e. The summed E-state index contributed by atoms with van der Waals surface area (Å²) in [5.41, 5.74) is 0. The summed E-state index contributed by atoms with van der Waals surface area (Å²) >= 11 is 0. The molecule has 0 unspecified atom stereocenters. The van der Waals surface area contributed by atoms with Crippen LogP contribution in [0, 0.1) is 0 Å². The first-order valence-electron chi connectivity index (χ1n) is 2.76. The number of rotatable bonds is 0. The Labute approximate surface area is 52.9 Å². The lowest BCUT2D eigenvalue weighted by molar-refractivity contribution is -0.129. The summed E-state index contributed by atoms with van der Waals surface area (Å²) in [7, 11) is 0. The molecule has 0 saturated heterocycles. The van der Waals surface area contributed by atoms with Gasteiger partial charge in [0.05, 0.1) is 6.26 Å². The fourth-order valence-corrected chi connectivity index (χ4v) is 0.635. The predicted molar refractivity (Wildman–Crippen MR) is 30.7 cm³/mol. The largest absolute Gasteiger partial charge is 0.495 e. The van der Waals surface area contributed by atoms with Crippen molar-refractivity contribution in [2.75, 3.05) is 0 Å². The number of ether oxygens (including phenoxy) is 1. The van der Waals surface area contributed by atoms with Crippen LogP contribution in [0.25, 0.3) is 0 Å². The van der Waals surface area contributed by atoms with Gasteiger partial charge in [0.15, 0.2) is 11.9 Å². The van der Waals surface area contributed by atoms with Crippen molar-refractivity contribution in [3.63, 3.8) is 0 Å². The molecule has 0 aromatic carbocycles. The molecular weight excluding hydrogens is 120 g/mol. The van der Waals surface area contributed by atoms with Crippen molar-refractivity contribution in [1.82, 2.24) is 0 Å². The molecule has 0 bridgehead atoms. The van der Waals surface area contributed by atoms with Gasteiger partial charge >= 0.3 is 0 Å². The topological polar surface area (TPSA) is 46.5 Å². The number of aliphatic hydroxyl groups is 1. The number of hydrogen-bond acceptors (Lipinski definition) is 3. The molecule has 0 aliphatic carbocycles. The second-order valence-corrected chi connectivity index (χ2v) is 1.99. The SMILES string of the molecule is C[C@@H]1OC=CC(=O)[C@@H]1O. The molecule has 0 aromatic heterocycles. The average molecular weight is 128 g/mol. The summed E-state index contributed by atoms with van der Waals surface area (Å²) in [5.74, 6) is -0.284. The fraction of sp³-hybridized carbons (Fsp3) is 0.500. The zero-order valence-corrected chi connectivity index (χ0v) is 5.07. The Balaban J connectivity index is 2.69. The van der Waals surface area contributed by atoms with E-state index in [1.165, 1.54) is 12.3 Å². The van der Waals surface area contributed by atoms with Crippen LogP contribution in [-0.4, -0.2) is 23.1 Å². The van der Waals surface area contributed by atoms with Crippen molar-refractivity contribution in [3.05, 3.63) is 12.3 Å². The van der Waals surface area contributed by atoms with Crippen LogP contribution in [0.5, 0.6) is 0 Å². The van der Waals surface area contributed by atoms with Crippen molar-refractivity contribution >= 4 is 5.78 Å². The van der Waals surface area contributed by atoms with Gasteiger partial charge in [0.2, 0.25) is 0 Å². The molecule has 9 heavy (non-hydrogen) atoms. The Morgan fingerprint density at radius 1 is 1.78 bits per heavy atom. The highest BCUT2D eigenvalue weighted by Crippen LogP contribution is 2.06. The minimum Gasteiger partial charge on any atom is -0.495 e. The second-order valence-electron chi connectivity index (χ2n) is 1.99. The Morgan fingerprint density at radius 3 is 2.89 bits per heavy atom. The first kappa shape index (κ1) is 6.29. The van der Waals surface area contributed by atoms with Crippen LogP contribution in [0.4, 0.5) is 0 Å². The van der Waals surface area contributed by atoms with Gasteiger partial charge < -0.3 is 9.84 Å². The molecule has 0 aromatic rings. The van der Waals surface area contributed by atoms with Crippen molar-refractivity contribution in [2.24, 2.45) is 0 Å². The number of carbonyl (C=O) groups excluding carboxylic acids is 1. The maximum absolute atomic E-state index is 10.6. The summed E-state index contributed by atoms with van der Waals surface area (Å²) in [6.45, 7) is 1.64. The van der Waals surface area contributed by atoms with Crippen LogP contribution >= 0.6 is 0 Å². The molecule has 1 rings (SSSR count). The van der Waals surface area contributed by atoms with Gasteiger partial charge in [-0.2, -0.15) is 0 Å². The highest BCUT2D eigenvalue weighted by molar-refractivity contribution is 5.94. The lowest BCUT2D eigenvalue weighted by atomic mass is 10.1. The molecule has 50 valence electrons. The normalized spacial score (nSPS) is 34.2.